The van der Waals surface area contributed by atoms with Gasteiger partial charge in [0, 0.05) is 17.8 Å². The Morgan fingerprint density at radius 3 is 2.77 bits per heavy atom. The van der Waals surface area contributed by atoms with Gasteiger partial charge in [0.2, 0.25) is 0 Å². The standard InChI is InChI=1S/C8H11ClN2O2/c9-5-1-2-11-6(3-5)8(13)7(12)4-10/h1-3,7-8,12-13H,4,10H2. The summed E-state index contributed by atoms with van der Waals surface area (Å²) in [6.45, 7) is -0.0185. The van der Waals surface area contributed by atoms with E-state index in [0.717, 1.165) is 0 Å². The van der Waals surface area contributed by atoms with Gasteiger partial charge in [0.1, 0.15) is 6.10 Å². The van der Waals surface area contributed by atoms with Crippen LogP contribution in [0, 0.1) is 0 Å². The van der Waals surface area contributed by atoms with Gasteiger partial charge in [-0.05, 0) is 12.1 Å². The zero-order chi connectivity index (χ0) is 9.84. The van der Waals surface area contributed by atoms with Crippen molar-refractivity contribution in [3.63, 3.8) is 0 Å². The first-order chi connectivity index (χ1) is 6.15. The Hall–Kier alpha value is -0.680. The van der Waals surface area contributed by atoms with Crippen LogP contribution in [0.15, 0.2) is 18.3 Å². The summed E-state index contributed by atoms with van der Waals surface area (Å²) in [5.74, 6) is 0. The molecule has 0 radical (unpaired) electrons. The monoisotopic (exact) mass is 202 g/mol. The molecule has 0 saturated carbocycles. The highest BCUT2D eigenvalue weighted by atomic mass is 35.5. The summed E-state index contributed by atoms with van der Waals surface area (Å²) >= 11 is 5.67. The van der Waals surface area contributed by atoms with E-state index in [2.05, 4.69) is 4.98 Å². The van der Waals surface area contributed by atoms with E-state index in [0.29, 0.717) is 10.7 Å². The van der Waals surface area contributed by atoms with Crippen LogP contribution in [-0.2, 0) is 0 Å². The summed E-state index contributed by atoms with van der Waals surface area (Å²) in [4.78, 5) is 3.86. The second-order valence-corrected chi connectivity index (χ2v) is 3.08. The molecule has 0 bridgehead atoms. The molecule has 13 heavy (non-hydrogen) atoms. The average Bonchev–Trinajstić information content (AvgIpc) is 2.15. The first-order valence-electron chi connectivity index (χ1n) is 3.83. The van der Waals surface area contributed by atoms with Gasteiger partial charge in [-0.1, -0.05) is 11.6 Å². The molecule has 0 aliphatic heterocycles. The lowest BCUT2D eigenvalue weighted by Gasteiger charge is -2.15. The Labute approximate surface area is 81.0 Å². The molecule has 0 fully saturated rings. The molecule has 0 aliphatic carbocycles. The summed E-state index contributed by atoms with van der Waals surface area (Å²) < 4.78 is 0. The first-order valence-corrected chi connectivity index (χ1v) is 4.20. The number of aromatic nitrogens is 1. The SMILES string of the molecule is NCC(O)C(O)c1cc(Cl)ccn1. The number of aliphatic hydroxyl groups is 2. The second-order valence-electron chi connectivity index (χ2n) is 2.65. The van der Waals surface area contributed by atoms with Gasteiger partial charge >= 0.3 is 0 Å². The van der Waals surface area contributed by atoms with Crippen LogP contribution in [-0.4, -0.2) is 27.8 Å². The topological polar surface area (TPSA) is 79.4 Å². The number of nitrogens with zero attached hydrogens (tertiary/aromatic N) is 1. The summed E-state index contributed by atoms with van der Waals surface area (Å²) in [6, 6.07) is 3.08. The molecule has 0 aromatic carbocycles. The number of nitrogens with two attached hydrogens (primary N) is 1. The predicted octanol–water partition coefficient (Wildman–Crippen LogP) is 0.0880. The Morgan fingerprint density at radius 2 is 2.23 bits per heavy atom. The van der Waals surface area contributed by atoms with E-state index < -0.39 is 12.2 Å². The van der Waals surface area contributed by atoms with E-state index in [1.165, 1.54) is 12.3 Å². The third-order valence-electron chi connectivity index (χ3n) is 1.65. The van der Waals surface area contributed by atoms with Crippen molar-refractivity contribution in [3.05, 3.63) is 29.0 Å². The maximum absolute atomic E-state index is 9.46. The minimum atomic E-state index is -1.08. The summed E-state index contributed by atoms with van der Waals surface area (Å²) in [6.07, 6.45) is -0.626. The van der Waals surface area contributed by atoms with Gasteiger partial charge in [0.05, 0.1) is 11.8 Å². The molecule has 1 heterocycles. The zero-order valence-corrected chi connectivity index (χ0v) is 7.65. The van der Waals surface area contributed by atoms with Crippen LogP contribution in [0.3, 0.4) is 0 Å². The quantitative estimate of drug-likeness (QED) is 0.649. The number of rotatable bonds is 3. The average molecular weight is 203 g/mol. The molecule has 4 N–H and O–H groups in total. The maximum atomic E-state index is 9.46. The molecule has 4 nitrogen and oxygen atoms in total. The van der Waals surface area contributed by atoms with E-state index in [4.69, 9.17) is 17.3 Å². The Bertz CT molecular complexity index is 283. The highest BCUT2D eigenvalue weighted by Gasteiger charge is 2.17. The number of hydrogen-bond donors (Lipinski definition) is 3. The van der Waals surface area contributed by atoms with Gasteiger partial charge in [-0.15, -0.1) is 0 Å². The van der Waals surface area contributed by atoms with Gasteiger partial charge in [0.15, 0.2) is 0 Å². The lowest BCUT2D eigenvalue weighted by Crippen LogP contribution is -2.27. The molecule has 1 rings (SSSR count). The van der Waals surface area contributed by atoms with Crippen molar-refractivity contribution in [1.82, 2.24) is 4.98 Å². The molecule has 2 unspecified atom stereocenters. The van der Waals surface area contributed by atoms with E-state index >= 15 is 0 Å². The fraction of sp³-hybridized carbons (Fsp3) is 0.375. The van der Waals surface area contributed by atoms with Crippen molar-refractivity contribution in [3.8, 4) is 0 Å². The number of halogens is 1. The van der Waals surface area contributed by atoms with Gasteiger partial charge in [0.25, 0.3) is 0 Å². The van der Waals surface area contributed by atoms with Crippen LogP contribution in [0.5, 0.6) is 0 Å². The van der Waals surface area contributed by atoms with Crippen LogP contribution in [0.1, 0.15) is 11.8 Å². The summed E-state index contributed by atoms with van der Waals surface area (Å²) in [5, 5.41) is 19.1. The molecule has 1 aromatic heterocycles. The maximum Gasteiger partial charge on any atom is 0.123 e. The van der Waals surface area contributed by atoms with Crippen molar-refractivity contribution in [2.24, 2.45) is 5.73 Å². The van der Waals surface area contributed by atoms with E-state index in [1.54, 1.807) is 6.07 Å². The molecule has 0 amide bonds. The molecule has 2 atom stereocenters. The fourth-order valence-electron chi connectivity index (χ4n) is 0.909. The van der Waals surface area contributed by atoms with Gasteiger partial charge < -0.3 is 15.9 Å². The third-order valence-corrected chi connectivity index (χ3v) is 1.89. The minimum Gasteiger partial charge on any atom is -0.389 e. The van der Waals surface area contributed by atoms with Crippen molar-refractivity contribution < 1.29 is 10.2 Å². The largest absolute Gasteiger partial charge is 0.389 e. The van der Waals surface area contributed by atoms with Crippen LogP contribution in [0.25, 0.3) is 0 Å². The van der Waals surface area contributed by atoms with Crippen molar-refractivity contribution >= 4 is 11.6 Å². The highest BCUT2D eigenvalue weighted by Crippen LogP contribution is 2.17. The molecule has 5 heteroatoms. The zero-order valence-electron chi connectivity index (χ0n) is 6.89. The third kappa shape index (κ3) is 2.63. The molecule has 0 aliphatic rings. The van der Waals surface area contributed by atoms with Crippen LogP contribution in [0.4, 0.5) is 0 Å². The van der Waals surface area contributed by atoms with Gasteiger partial charge in [-0.25, -0.2) is 0 Å². The Balaban J connectivity index is 2.82. The minimum absolute atomic E-state index is 0.0185. The van der Waals surface area contributed by atoms with Crippen molar-refractivity contribution in [2.45, 2.75) is 12.2 Å². The lowest BCUT2D eigenvalue weighted by molar-refractivity contribution is 0.0217. The highest BCUT2D eigenvalue weighted by molar-refractivity contribution is 6.30. The van der Waals surface area contributed by atoms with Crippen LogP contribution in [0.2, 0.25) is 5.02 Å². The fourth-order valence-corrected chi connectivity index (χ4v) is 1.08. The molecule has 72 valence electrons. The normalized spacial score (nSPS) is 15.4. The smallest absolute Gasteiger partial charge is 0.123 e. The van der Waals surface area contributed by atoms with Crippen LogP contribution < -0.4 is 5.73 Å². The predicted molar refractivity (Wildman–Crippen MR) is 49.3 cm³/mol. The van der Waals surface area contributed by atoms with E-state index in [-0.39, 0.29) is 6.54 Å². The molecular weight excluding hydrogens is 192 g/mol. The molecule has 0 spiro atoms. The second kappa shape index (κ2) is 4.53. The number of hydrogen-bond acceptors (Lipinski definition) is 4. The number of aliphatic hydroxyl groups excluding tert-OH is 2. The first kappa shape index (κ1) is 10.4. The van der Waals surface area contributed by atoms with E-state index in [1.807, 2.05) is 0 Å². The summed E-state index contributed by atoms with van der Waals surface area (Å²) in [5.41, 5.74) is 5.50. The lowest BCUT2D eigenvalue weighted by atomic mass is 10.1. The van der Waals surface area contributed by atoms with Crippen molar-refractivity contribution in [1.29, 1.82) is 0 Å². The van der Waals surface area contributed by atoms with Crippen molar-refractivity contribution in [2.75, 3.05) is 6.54 Å². The molecule has 1 aromatic rings. The summed E-state index contributed by atoms with van der Waals surface area (Å²) in [7, 11) is 0. The van der Waals surface area contributed by atoms with Crippen LogP contribution >= 0.6 is 11.6 Å². The Morgan fingerprint density at radius 1 is 1.54 bits per heavy atom. The molecule has 0 saturated heterocycles. The van der Waals surface area contributed by atoms with Gasteiger partial charge in [-0.2, -0.15) is 0 Å². The van der Waals surface area contributed by atoms with Gasteiger partial charge in [-0.3, -0.25) is 4.98 Å². The van der Waals surface area contributed by atoms with E-state index in [9.17, 15) is 10.2 Å². The molecular formula is C8H11ClN2O2. The number of pyridine rings is 1. The Kier molecular flexibility index (Phi) is 3.62.